The number of nitro groups is 1. The number of amides is 1. The van der Waals surface area contributed by atoms with Gasteiger partial charge in [0.15, 0.2) is 0 Å². The second kappa shape index (κ2) is 6.21. The number of nitrogens with one attached hydrogen (secondary N) is 1. The van der Waals surface area contributed by atoms with Crippen LogP contribution in [0.2, 0.25) is 10.0 Å². The van der Waals surface area contributed by atoms with Gasteiger partial charge in [0.2, 0.25) is 0 Å². The number of carbonyl (C=O) groups is 1. The van der Waals surface area contributed by atoms with E-state index in [0.29, 0.717) is 6.54 Å². The quantitative estimate of drug-likeness (QED) is 0.682. The number of rotatable bonds is 4. The maximum absolute atomic E-state index is 12.0. The molecule has 1 N–H and O–H groups in total. The maximum Gasteiger partial charge on any atom is 0.271 e. The molecule has 0 atom stereocenters. The van der Waals surface area contributed by atoms with Crippen molar-refractivity contribution in [3.8, 4) is 0 Å². The minimum Gasteiger partial charge on any atom is -0.348 e. The highest BCUT2D eigenvalue weighted by Gasteiger charge is 2.19. The highest BCUT2D eigenvalue weighted by Crippen LogP contribution is 2.30. The average Bonchev–Trinajstić information content (AvgIpc) is 2.92. The Hall–Kier alpha value is -1.63. The molecular formula is C12H8Cl2N2O3S. The summed E-state index contributed by atoms with van der Waals surface area (Å²) in [6.07, 6.45) is 0. The molecule has 20 heavy (non-hydrogen) atoms. The Morgan fingerprint density at radius 3 is 2.75 bits per heavy atom. The zero-order valence-corrected chi connectivity index (χ0v) is 12.3. The van der Waals surface area contributed by atoms with Crippen LogP contribution in [-0.2, 0) is 6.54 Å². The van der Waals surface area contributed by atoms with Crippen molar-refractivity contribution >= 4 is 46.1 Å². The molecule has 1 heterocycles. The average molecular weight is 331 g/mol. The first-order valence-corrected chi connectivity index (χ1v) is 7.11. The lowest BCUT2D eigenvalue weighted by molar-refractivity contribution is -0.384. The molecule has 2 aromatic rings. The second-order valence-corrected chi connectivity index (χ2v) is 5.43. The van der Waals surface area contributed by atoms with Crippen molar-refractivity contribution < 1.29 is 9.72 Å². The number of benzene rings is 1. The van der Waals surface area contributed by atoms with Crippen LogP contribution < -0.4 is 5.32 Å². The predicted molar refractivity (Wildman–Crippen MR) is 78.6 cm³/mol. The molecule has 0 spiro atoms. The largest absolute Gasteiger partial charge is 0.348 e. The molecule has 0 aliphatic carbocycles. The zero-order chi connectivity index (χ0) is 14.7. The number of carbonyl (C=O) groups excluding carboxylic acids is 1. The van der Waals surface area contributed by atoms with Crippen LogP contribution in [0.15, 0.2) is 29.0 Å². The molecule has 0 fully saturated rings. The van der Waals surface area contributed by atoms with Crippen LogP contribution >= 0.6 is 34.5 Å². The summed E-state index contributed by atoms with van der Waals surface area (Å²) >= 11 is 13.2. The van der Waals surface area contributed by atoms with E-state index in [1.54, 1.807) is 0 Å². The molecule has 0 aliphatic heterocycles. The van der Waals surface area contributed by atoms with E-state index in [-0.39, 0.29) is 21.3 Å². The fourth-order valence-corrected chi connectivity index (χ4v) is 2.59. The second-order valence-electron chi connectivity index (χ2n) is 3.86. The lowest BCUT2D eigenvalue weighted by Crippen LogP contribution is -2.23. The van der Waals surface area contributed by atoms with Crippen molar-refractivity contribution in [2.24, 2.45) is 0 Å². The molecule has 0 radical (unpaired) electrons. The lowest BCUT2D eigenvalue weighted by atomic mass is 10.2. The van der Waals surface area contributed by atoms with E-state index in [9.17, 15) is 14.9 Å². The van der Waals surface area contributed by atoms with Gasteiger partial charge in [-0.2, -0.15) is 11.3 Å². The smallest absolute Gasteiger partial charge is 0.271 e. The van der Waals surface area contributed by atoms with Gasteiger partial charge in [-0.3, -0.25) is 14.9 Å². The summed E-state index contributed by atoms with van der Waals surface area (Å²) in [5, 5.41) is 17.1. The molecule has 1 amide bonds. The van der Waals surface area contributed by atoms with E-state index in [1.165, 1.54) is 11.3 Å². The Bertz CT molecular complexity index is 659. The van der Waals surface area contributed by atoms with Gasteiger partial charge >= 0.3 is 0 Å². The van der Waals surface area contributed by atoms with E-state index in [1.807, 2.05) is 16.8 Å². The third kappa shape index (κ3) is 3.27. The summed E-state index contributed by atoms with van der Waals surface area (Å²) in [6.45, 7) is 0.318. The van der Waals surface area contributed by atoms with Crippen molar-refractivity contribution in [3.63, 3.8) is 0 Å². The number of nitro benzene ring substituents is 1. The van der Waals surface area contributed by atoms with Crippen LogP contribution in [0.5, 0.6) is 0 Å². The highest BCUT2D eigenvalue weighted by molar-refractivity contribution is 7.07. The first-order valence-electron chi connectivity index (χ1n) is 5.41. The molecule has 0 bridgehead atoms. The topological polar surface area (TPSA) is 72.2 Å². The van der Waals surface area contributed by atoms with Gasteiger partial charge in [0, 0.05) is 18.7 Å². The number of nitrogens with zero attached hydrogens (tertiary/aromatic N) is 1. The Morgan fingerprint density at radius 2 is 2.15 bits per heavy atom. The first kappa shape index (κ1) is 14.8. The van der Waals surface area contributed by atoms with Gasteiger partial charge in [-0.1, -0.05) is 23.2 Å². The van der Waals surface area contributed by atoms with Gasteiger partial charge in [0.1, 0.15) is 0 Å². The molecule has 0 aliphatic rings. The van der Waals surface area contributed by atoms with E-state index in [4.69, 9.17) is 23.2 Å². The Labute approximate surface area is 128 Å². The third-order valence-corrected chi connectivity index (χ3v) is 4.04. The Morgan fingerprint density at radius 1 is 1.40 bits per heavy atom. The highest BCUT2D eigenvalue weighted by atomic mass is 35.5. The molecule has 0 saturated carbocycles. The van der Waals surface area contributed by atoms with Crippen LogP contribution in [0.25, 0.3) is 0 Å². The summed E-state index contributed by atoms with van der Waals surface area (Å²) in [5.74, 6) is -0.508. The maximum atomic E-state index is 12.0. The van der Waals surface area contributed by atoms with Crippen molar-refractivity contribution in [2.75, 3.05) is 0 Å². The monoisotopic (exact) mass is 330 g/mol. The Balaban J connectivity index is 2.22. The van der Waals surface area contributed by atoms with Gasteiger partial charge in [-0.15, -0.1) is 0 Å². The summed E-state index contributed by atoms with van der Waals surface area (Å²) in [7, 11) is 0. The third-order valence-electron chi connectivity index (χ3n) is 2.50. The lowest BCUT2D eigenvalue weighted by Gasteiger charge is -2.07. The van der Waals surface area contributed by atoms with Gasteiger partial charge in [-0.25, -0.2) is 0 Å². The first-order chi connectivity index (χ1) is 9.49. The number of thiophene rings is 1. The minimum absolute atomic E-state index is 0.0000790. The molecule has 8 heteroatoms. The van der Waals surface area contributed by atoms with Crippen LogP contribution in [-0.4, -0.2) is 10.8 Å². The number of hydrogen-bond acceptors (Lipinski definition) is 4. The van der Waals surface area contributed by atoms with E-state index in [0.717, 1.165) is 17.7 Å². The molecule has 0 saturated heterocycles. The predicted octanol–water partition coefficient (Wildman–Crippen LogP) is 3.89. The van der Waals surface area contributed by atoms with Crippen LogP contribution in [0.1, 0.15) is 15.9 Å². The standard InChI is InChI=1S/C12H8Cl2N2O3S/c13-10-4-8(16(18)19)3-9(11(10)14)12(17)15-5-7-1-2-20-6-7/h1-4,6H,5H2,(H,15,17). The minimum atomic E-state index is -0.627. The van der Waals surface area contributed by atoms with Crippen molar-refractivity contribution in [2.45, 2.75) is 6.54 Å². The van der Waals surface area contributed by atoms with Crippen LogP contribution in [0.3, 0.4) is 0 Å². The fourth-order valence-electron chi connectivity index (χ4n) is 1.52. The van der Waals surface area contributed by atoms with Gasteiger partial charge in [-0.05, 0) is 22.4 Å². The molecule has 0 unspecified atom stereocenters. The summed E-state index contributed by atoms with van der Waals surface area (Å²) in [6, 6.07) is 4.09. The van der Waals surface area contributed by atoms with Gasteiger partial charge in [0.05, 0.1) is 20.5 Å². The summed E-state index contributed by atoms with van der Waals surface area (Å²) in [5.41, 5.74) is 0.650. The van der Waals surface area contributed by atoms with E-state index in [2.05, 4.69) is 5.32 Å². The van der Waals surface area contributed by atoms with Crippen molar-refractivity contribution in [1.29, 1.82) is 0 Å². The summed E-state index contributed by atoms with van der Waals surface area (Å²) < 4.78 is 0. The van der Waals surface area contributed by atoms with Gasteiger partial charge < -0.3 is 5.32 Å². The van der Waals surface area contributed by atoms with Crippen LogP contribution in [0.4, 0.5) is 5.69 Å². The molecular weight excluding hydrogens is 323 g/mol. The SMILES string of the molecule is O=C(NCc1ccsc1)c1cc([N+](=O)[O-])cc(Cl)c1Cl. The molecule has 1 aromatic heterocycles. The van der Waals surface area contributed by atoms with Crippen LogP contribution in [0, 0.1) is 10.1 Å². The molecule has 2 rings (SSSR count). The zero-order valence-electron chi connectivity index (χ0n) is 9.93. The fraction of sp³-hybridized carbons (Fsp3) is 0.0833. The molecule has 5 nitrogen and oxygen atoms in total. The molecule has 104 valence electrons. The van der Waals surface area contributed by atoms with E-state index < -0.39 is 10.8 Å². The van der Waals surface area contributed by atoms with Gasteiger partial charge in [0.25, 0.3) is 11.6 Å². The van der Waals surface area contributed by atoms with Crippen molar-refractivity contribution in [3.05, 3.63) is 60.2 Å². The van der Waals surface area contributed by atoms with Crippen molar-refractivity contribution in [1.82, 2.24) is 5.32 Å². The normalized spacial score (nSPS) is 10.3. The Kier molecular flexibility index (Phi) is 4.59. The summed E-state index contributed by atoms with van der Waals surface area (Å²) in [4.78, 5) is 22.1. The number of non-ortho nitro benzene ring substituents is 1. The molecule has 1 aromatic carbocycles. The number of hydrogen-bond donors (Lipinski definition) is 1. The number of halogens is 2. The van der Waals surface area contributed by atoms with E-state index >= 15 is 0 Å².